The van der Waals surface area contributed by atoms with Crippen LogP contribution in [-0.4, -0.2) is 76.3 Å². The molecule has 2 aliphatic heterocycles. The summed E-state index contributed by atoms with van der Waals surface area (Å²) in [6.45, 7) is 6.34. The van der Waals surface area contributed by atoms with E-state index in [-0.39, 0.29) is 12.1 Å². The molecule has 0 bridgehead atoms. The van der Waals surface area contributed by atoms with Gasteiger partial charge in [-0.1, -0.05) is 23.7 Å². The summed E-state index contributed by atoms with van der Waals surface area (Å²) < 4.78 is 0. The van der Waals surface area contributed by atoms with Gasteiger partial charge in [-0.15, -0.1) is 0 Å². The first kappa shape index (κ1) is 17.7. The molecule has 0 spiro atoms. The van der Waals surface area contributed by atoms with Gasteiger partial charge in [-0.05, 0) is 17.7 Å². The lowest BCUT2D eigenvalue weighted by Gasteiger charge is -2.38. The highest BCUT2D eigenvalue weighted by atomic mass is 35.5. The molecule has 2 aliphatic rings. The van der Waals surface area contributed by atoms with Gasteiger partial charge in [0.2, 0.25) is 0 Å². The van der Waals surface area contributed by atoms with Gasteiger partial charge in [0.25, 0.3) is 0 Å². The normalized spacial score (nSPS) is 24.9. The van der Waals surface area contributed by atoms with Crippen LogP contribution in [0.4, 0.5) is 5.82 Å². The number of hydrogen-bond acceptors (Lipinski definition) is 6. The lowest BCUT2D eigenvalue weighted by Crippen LogP contribution is -2.53. The molecule has 1 aromatic heterocycles. The minimum atomic E-state index is -0.347. The quantitative estimate of drug-likeness (QED) is 0.876. The van der Waals surface area contributed by atoms with Gasteiger partial charge in [-0.25, -0.2) is 4.98 Å². The first-order valence-electron chi connectivity index (χ1n) is 9.09. The van der Waals surface area contributed by atoms with Gasteiger partial charge in [0, 0.05) is 63.2 Å². The Kier molecular flexibility index (Phi) is 5.36. The highest BCUT2D eigenvalue weighted by Gasteiger charge is 2.37. The topological polar surface area (TPSA) is 55.7 Å². The first-order valence-corrected chi connectivity index (χ1v) is 9.47. The molecule has 1 aromatic carbocycles. The lowest BCUT2D eigenvalue weighted by atomic mass is 10.1. The first-order chi connectivity index (χ1) is 12.7. The maximum Gasteiger partial charge on any atom is 0.147 e. The Labute approximate surface area is 159 Å². The Hall–Kier alpha value is -1.73. The average Bonchev–Trinajstić information content (AvgIpc) is 3.07. The minimum Gasteiger partial charge on any atom is -0.390 e. The number of aliphatic hydroxyl groups excluding tert-OH is 1. The van der Waals surface area contributed by atoms with E-state index in [0.29, 0.717) is 6.54 Å². The van der Waals surface area contributed by atoms with E-state index >= 15 is 0 Å². The number of halogens is 1. The van der Waals surface area contributed by atoms with E-state index in [1.165, 1.54) is 5.56 Å². The van der Waals surface area contributed by atoms with Crippen LogP contribution >= 0.6 is 11.6 Å². The van der Waals surface area contributed by atoms with E-state index < -0.39 is 0 Å². The monoisotopic (exact) mass is 373 g/mol. The summed E-state index contributed by atoms with van der Waals surface area (Å²) in [7, 11) is 0. The average molecular weight is 374 g/mol. The van der Waals surface area contributed by atoms with Gasteiger partial charge < -0.3 is 10.0 Å². The summed E-state index contributed by atoms with van der Waals surface area (Å²) >= 11 is 5.96. The molecule has 0 saturated carbocycles. The number of nitrogens with zero attached hydrogens (tertiary/aromatic N) is 5. The van der Waals surface area contributed by atoms with Crippen molar-refractivity contribution in [3.05, 3.63) is 53.4 Å². The number of anilines is 1. The molecule has 2 saturated heterocycles. The SMILES string of the molecule is OC1CN(c2cnccn2)CC1N1CCN(Cc2ccc(Cl)cc2)CC1. The Morgan fingerprint density at radius 1 is 1.04 bits per heavy atom. The summed E-state index contributed by atoms with van der Waals surface area (Å²) in [4.78, 5) is 15.5. The summed E-state index contributed by atoms with van der Waals surface area (Å²) in [5.74, 6) is 0.843. The molecule has 3 heterocycles. The summed E-state index contributed by atoms with van der Waals surface area (Å²) in [6.07, 6.45) is 4.79. The summed E-state index contributed by atoms with van der Waals surface area (Å²) in [5, 5.41) is 11.3. The Balaban J connectivity index is 1.31. The second-order valence-corrected chi connectivity index (χ2v) is 7.48. The second kappa shape index (κ2) is 7.88. The van der Waals surface area contributed by atoms with E-state index in [4.69, 9.17) is 11.6 Å². The third-order valence-electron chi connectivity index (χ3n) is 5.33. The zero-order valence-electron chi connectivity index (χ0n) is 14.7. The van der Waals surface area contributed by atoms with Crippen molar-refractivity contribution in [2.24, 2.45) is 0 Å². The fourth-order valence-electron chi connectivity index (χ4n) is 3.87. The summed E-state index contributed by atoms with van der Waals surface area (Å²) in [5.41, 5.74) is 1.29. The van der Waals surface area contributed by atoms with Gasteiger partial charge in [0.1, 0.15) is 5.82 Å². The van der Waals surface area contributed by atoms with Crippen LogP contribution in [0, 0.1) is 0 Å². The molecular weight excluding hydrogens is 350 g/mol. The lowest BCUT2D eigenvalue weighted by molar-refractivity contribution is 0.0424. The molecule has 0 amide bonds. The summed E-state index contributed by atoms with van der Waals surface area (Å²) in [6, 6.07) is 8.24. The van der Waals surface area contributed by atoms with Crippen LogP contribution in [0.15, 0.2) is 42.9 Å². The zero-order chi connectivity index (χ0) is 17.9. The molecule has 138 valence electrons. The standard InChI is InChI=1S/C19H24ClN5O/c20-16-3-1-15(2-4-16)12-23-7-9-24(10-8-23)17-13-25(14-18(17)26)19-11-21-5-6-22-19/h1-6,11,17-18,26H,7-10,12-14H2. The van der Waals surface area contributed by atoms with Crippen molar-refractivity contribution in [2.75, 3.05) is 44.2 Å². The van der Waals surface area contributed by atoms with Crippen molar-refractivity contribution in [2.45, 2.75) is 18.7 Å². The fourth-order valence-corrected chi connectivity index (χ4v) is 4.00. The fraction of sp³-hybridized carbons (Fsp3) is 0.474. The maximum absolute atomic E-state index is 10.5. The van der Waals surface area contributed by atoms with Crippen LogP contribution in [0.25, 0.3) is 0 Å². The molecule has 26 heavy (non-hydrogen) atoms. The van der Waals surface area contributed by atoms with Crippen LogP contribution in [0.1, 0.15) is 5.56 Å². The predicted octanol–water partition coefficient (Wildman–Crippen LogP) is 1.50. The second-order valence-electron chi connectivity index (χ2n) is 7.04. The van der Waals surface area contributed by atoms with Crippen LogP contribution in [0.3, 0.4) is 0 Å². The number of β-amino-alcohol motifs (C(OH)–C–C–N with tert-alkyl or cyclic N) is 1. The third-order valence-corrected chi connectivity index (χ3v) is 5.58. The van der Waals surface area contributed by atoms with Crippen LogP contribution < -0.4 is 4.90 Å². The van der Waals surface area contributed by atoms with Gasteiger partial charge in [0.05, 0.1) is 18.3 Å². The van der Waals surface area contributed by atoms with Crippen LogP contribution in [-0.2, 0) is 6.54 Å². The molecule has 6 nitrogen and oxygen atoms in total. The molecule has 0 aliphatic carbocycles. The van der Waals surface area contributed by atoms with E-state index in [2.05, 4.69) is 36.8 Å². The number of rotatable bonds is 4. The number of hydrogen-bond donors (Lipinski definition) is 1. The van der Waals surface area contributed by atoms with Gasteiger partial charge in [-0.3, -0.25) is 14.8 Å². The molecule has 2 unspecified atom stereocenters. The van der Waals surface area contributed by atoms with Crippen LogP contribution in [0.5, 0.6) is 0 Å². The number of aromatic nitrogens is 2. The van der Waals surface area contributed by atoms with Crippen LogP contribution in [0.2, 0.25) is 5.02 Å². The molecular formula is C19H24ClN5O. The number of aliphatic hydroxyl groups is 1. The number of benzene rings is 1. The molecule has 7 heteroatoms. The third kappa shape index (κ3) is 3.99. The van der Waals surface area contributed by atoms with Crippen molar-refractivity contribution in [3.63, 3.8) is 0 Å². The van der Waals surface area contributed by atoms with Gasteiger partial charge >= 0.3 is 0 Å². The number of piperazine rings is 1. The largest absolute Gasteiger partial charge is 0.390 e. The van der Waals surface area contributed by atoms with E-state index in [1.807, 2.05) is 12.1 Å². The van der Waals surface area contributed by atoms with Gasteiger partial charge in [-0.2, -0.15) is 0 Å². The van der Waals surface area contributed by atoms with Crippen molar-refractivity contribution in [3.8, 4) is 0 Å². The van der Waals surface area contributed by atoms with E-state index in [0.717, 1.165) is 50.1 Å². The molecule has 0 radical (unpaired) electrons. The van der Waals surface area contributed by atoms with Crippen molar-refractivity contribution in [1.82, 2.24) is 19.8 Å². The van der Waals surface area contributed by atoms with Crippen molar-refractivity contribution >= 4 is 17.4 Å². The van der Waals surface area contributed by atoms with E-state index in [9.17, 15) is 5.11 Å². The predicted molar refractivity (Wildman–Crippen MR) is 102 cm³/mol. The Morgan fingerprint density at radius 3 is 2.50 bits per heavy atom. The van der Waals surface area contributed by atoms with Crippen molar-refractivity contribution < 1.29 is 5.11 Å². The Bertz CT molecular complexity index is 706. The molecule has 4 rings (SSSR count). The van der Waals surface area contributed by atoms with Crippen molar-refractivity contribution in [1.29, 1.82) is 0 Å². The molecule has 1 N–H and O–H groups in total. The van der Waals surface area contributed by atoms with Gasteiger partial charge in [0.15, 0.2) is 0 Å². The smallest absolute Gasteiger partial charge is 0.147 e. The Morgan fingerprint density at radius 2 is 1.81 bits per heavy atom. The minimum absolute atomic E-state index is 0.162. The zero-order valence-corrected chi connectivity index (χ0v) is 15.5. The molecule has 2 atom stereocenters. The highest BCUT2D eigenvalue weighted by molar-refractivity contribution is 6.30. The maximum atomic E-state index is 10.5. The van der Waals surface area contributed by atoms with E-state index in [1.54, 1.807) is 18.6 Å². The highest BCUT2D eigenvalue weighted by Crippen LogP contribution is 2.22. The molecule has 2 fully saturated rings. The molecule has 2 aromatic rings.